The van der Waals surface area contributed by atoms with Gasteiger partial charge < -0.3 is 4.90 Å². The number of anilines is 1. The predicted octanol–water partition coefficient (Wildman–Crippen LogP) is 3.01. The number of benzene rings is 1. The van der Waals surface area contributed by atoms with E-state index in [9.17, 15) is 0 Å². The van der Waals surface area contributed by atoms with Crippen LogP contribution in [0.25, 0.3) is 0 Å². The zero-order valence-corrected chi connectivity index (χ0v) is 14.2. The van der Waals surface area contributed by atoms with E-state index >= 15 is 0 Å². The van der Waals surface area contributed by atoms with Crippen LogP contribution in [0.15, 0.2) is 43.2 Å². The molecule has 1 aliphatic rings. The molecule has 4 heteroatoms. The van der Waals surface area contributed by atoms with Crippen molar-refractivity contribution < 1.29 is 0 Å². The molecule has 2 aromatic rings. The molecule has 1 aliphatic heterocycles. The third kappa shape index (κ3) is 4.02. The van der Waals surface area contributed by atoms with Crippen molar-refractivity contribution in [2.75, 3.05) is 31.1 Å². The van der Waals surface area contributed by atoms with Crippen molar-refractivity contribution in [2.45, 2.75) is 26.9 Å². The summed E-state index contributed by atoms with van der Waals surface area (Å²) in [6, 6.07) is 6.82. The maximum absolute atomic E-state index is 4.36. The Morgan fingerprint density at radius 3 is 2.43 bits per heavy atom. The van der Waals surface area contributed by atoms with E-state index in [0.717, 1.165) is 39.3 Å². The Morgan fingerprint density at radius 2 is 1.78 bits per heavy atom. The molecule has 0 aliphatic carbocycles. The number of nitrogens with zero attached hydrogens (tertiary/aromatic N) is 4. The normalized spacial score (nSPS) is 15.8. The second-order valence-corrected chi connectivity index (χ2v) is 6.47. The highest BCUT2D eigenvalue weighted by Crippen LogP contribution is 2.20. The minimum atomic E-state index is 0.778. The van der Waals surface area contributed by atoms with Crippen LogP contribution in [0.1, 0.15) is 16.7 Å². The Kier molecular flexibility index (Phi) is 4.82. The lowest BCUT2D eigenvalue weighted by Crippen LogP contribution is -2.46. The molecule has 122 valence electrons. The van der Waals surface area contributed by atoms with E-state index in [-0.39, 0.29) is 0 Å². The first-order valence-corrected chi connectivity index (χ1v) is 8.32. The number of hydrogen-bond donors (Lipinski definition) is 0. The molecule has 0 N–H and O–H groups in total. The van der Waals surface area contributed by atoms with Crippen LogP contribution in [0, 0.1) is 13.8 Å². The van der Waals surface area contributed by atoms with Crippen molar-refractivity contribution in [1.82, 2.24) is 14.7 Å². The van der Waals surface area contributed by atoms with E-state index in [1.807, 2.05) is 17.0 Å². The molecule has 4 nitrogen and oxygen atoms in total. The summed E-state index contributed by atoms with van der Waals surface area (Å²) >= 11 is 0. The maximum atomic E-state index is 4.36. The topological polar surface area (TPSA) is 24.3 Å². The van der Waals surface area contributed by atoms with Crippen molar-refractivity contribution in [2.24, 2.45) is 0 Å². The Morgan fingerprint density at radius 1 is 1.09 bits per heavy atom. The minimum absolute atomic E-state index is 0.778. The standard InChI is InChI=1S/C19H26N4/c1-4-5-23-15-18(13-20-23)14-21-6-8-22(9-7-21)19-11-16(2)10-17(3)12-19/h4,10-13,15H,1,5-9,14H2,2-3H3. The Labute approximate surface area is 139 Å². The van der Waals surface area contributed by atoms with E-state index < -0.39 is 0 Å². The lowest BCUT2D eigenvalue weighted by molar-refractivity contribution is 0.250. The van der Waals surface area contributed by atoms with Gasteiger partial charge in [-0.05, 0) is 37.1 Å². The Hall–Kier alpha value is -2.07. The molecule has 1 aromatic carbocycles. The van der Waals surface area contributed by atoms with Crippen LogP contribution in [-0.2, 0) is 13.1 Å². The highest BCUT2D eigenvalue weighted by molar-refractivity contribution is 5.51. The molecule has 0 amide bonds. The van der Waals surface area contributed by atoms with Crippen molar-refractivity contribution >= 4 is 5.69 Å². The van der Waals surface area contributed by atoms with Gasteiger partial charge in [0, 0.05) is 50.2 Å². The van der Waals surface area contributed by atoms with Gasteiger partial charge in [-0.25, -0.2) is 0 Å². The third-order valence-electron chi connectivity index (χ3n) is 4.35. The van der Waals surface area contributed by atoms with E-state index in [2.05, 4.69) is 59.7 Å². The van der Waals surface area contributed by atoms with Gasteiger partial charge in [0.2, 0.25) is 0 Å². The zero-order chi connectivity index (χ0) is 16.2. The molecule has 0 radical (unpaired) electrons. The molecule has 23 heavy (non-hydrogen) atoms. The third-order valence-corrected chi connectivity index (χ3v) is 4.35. The van der Waals surface area contributed by atoms with Crippen molar-refractivity contribution in [3.05, 3.63) is 59.9 Å². The second kappa shape index (κ2) is 7.01. The quantitative estimate of drug-likeness (QED) is 0.794. The number of allylic oxidation sites excluding steroid dienone is 1. The fourth-order valence-electron chi connectivity index (χ4n) is 3.28. The van der Waals surface area contributed by atoms with Gasteiger partial charge in [0.1, 0.15) is 0 Å². The Bertz CT molecular complexity index is 646. The molecule has 0 atom stereocenters. The monoisotopic (exact) mass is 310 g/mol. The van der Waals surface area contributed by atoms with E-state index in [1.54, 1.807) is 0 Å². The first kappa shape index (κ1) is 15.8. The largest absolute Gasteiger partial charge is 0.369 e. The summed E-state index contributed by atoms with van der Waals surface area (Å²) in [5.74, 6) is 0. The number of piperazine rings is 1. The van der Waals surface area contributed by atoms with Gasteiger partial charge in [0.25, 0.3) is 0 Å². The first-order valence-electron chi connectivity index (χ1n) is 8.32. The molecular weight excluding hydrogens is 284 g/mol. The van der Waals surface area contributed by atoms with Gasteiger partial charge in [-0.3, -0.25) is 9.58 Å². The van der Waals surface area contributed by atoms with Gasteiger partial charge in [0.05, 0.1) is 12.7 Å². The minimum Gasteiger partial charge on any atom is -0.369 e. The highest BCUT2D eigenvalue weighted by atomic mass is 15.3. The average molecular weight is 310 g/mol. The smallest absolute Gasteiger partial charge is 0.0587 e. The van der Waals surface area contributed by atoms with Crippen LogP contribution >= 0.6 is 0 Å². The lowest BCUT2D eigenvalue weighted by Gasteiger charge is -2.36. The summed E-state index contributed by atoms with van der Waals surface area (Å²) in [6.07, 6.45) is 5.97. The summed E-state index contributed by atoms with van der Waals surface area (Å²) in [4.78, 5) is 5.01. The molecule has 1 aromatic heterocycles. The molecule has 1 fully saturated rings. The van der Waals surface area contributed by atoms with Crippen LogP contribution in [0.2, 0.25) is 0 Å². The van der Waals surface area contributed by atoms with Gasteiger partial charge in [-0.15, -0.1) is 6.58 Å². The molecule has 3 rings (SSSR count). The second-order valence-electron chi connectivity index (χ2n) is 6.47. The van der Waals surface area contributed by atoms with Gasteiger partial charge in [-0.1, -0.05) is 12.1 Å². The van der Waals surface area contributed by atoms with Crippen molar-refractivity contribution in [1.29, 1.82) is 0 Å². The zero-order valence-electron chi connectivity index (χ0n) is 14.2. The van der Waals surface area contributed by atoms with Crippen LogP contribution in [0.3, 0.4) is 0 Å². The number of aryl methyl sites for hydroxylation is 2. The lowest BCUT2D eigenvalue weighted by atomic mass is 10.1. The predicted molar refractivity (Wildman–Crippen MR) is 95.8 cm³/mol. The molecular formula is C19H26N4. The number of aromatic nitrogens is 2. The molecule has 0 bridgehead atoms. The summed E-state index contributed by atoms with van der Waals surface area (Å²) in [7, 11) is 0. The first-order chi connectivity index (χ1) is 11.1. The van der Waals surface area contributed by atoms with Crippen LogP contribution in [0.4, 0.5) is 5.69 Å². The summed E-state index contributed by atoms with van der Waals surface area (Å²) in [6.45, 7) is 14.2. The van der Waals surface area contributed by atoms with Crippen molar-refractivity contribution in [3.63, 3.8) is 0 Å². The number of hydrogen-bond acceptors (Lipinski definition) is 3. The molecule has 0 saturated carbocycles. The highest BCUT2D eigenvalue weighted by Gasteiger charge is 2.18. The molecule has 0 unspecified atom stereocenters. The SMILES string of the molecule is C=CCn1cc(CN2CCN(c3cc(C)cc(C)c3)CC2)cn1. The fourth-order valence-corrected chi connectivity index (χ4v) is 3.28. The maximum Gasteiger partial charge on any atom is 0.0587 e. The number of rotatable bonds is 5. The van der Waals surface area contributed by atoms with E-state index in [1.165, 1.54) is 22.4 Å². The fraction of sp³-hybridized carbons (Fsp3) is 0.421. The van der Waals surface area contributed by atoms with Gasteiger partial charge >= 0.3 is 0 Å². The molecule has 0 spiro atoms. The van der Waals surface area contributed by atoms with Crippen LogP contribution in [0.5, 0.6) is 0 Å². The van der Waals surface area contributed by atoms with Crippen molar-refractivity contribution in [3.8, 4) is 0 Å². The summed E-state index contributed by atoms with van der Waals surface area (Å²) in [5.41, 5.74) is 5.33. The van der Waals surface area contributed by atoms with E-state index in [4.69, 9.17) is 0 Å². The summed E-state index contributed by atoms with van der Waals surface area (Å²) < 4.78 is 1.94. The van der Waals surface area contributed by atoms with Gasteiger partial charge in [0.15, 0.2) is 0 Å². The van der Waals surface area contributed by atoms with E-state index in [0.29, 0.717) is 0 Å². The van der Waals surface area contributed by atoms with Gasteiger partial charge in [-0.2, -0.15) is 5.10 Å². The molecule has 2 heterocycles. The van der Waals surface area contributed by atoms with Crippen LogP contribution < -0.4 is 4.90 Å². The molecule has 1 saturated heterocycles. The Balaban J connectivity index is 1.56. The average Bonchev–Trinajstić information content (AvgIpc) is 2.95. The van der Waals surface area contributed by atoms with Crippen LogP contribution in [-0.4, -0.2) is 40.9 Å². The summed E-state index contributed by atoms with van der Waals surface area (Å²) in [5, 5.41) is 4.36.